The van der Waals surface area contributed by atoms with Gasteiger partial charge in [-0.2, -0.15) is 4.31 Å². The highest BCUT2D eigenvalue weighted by Crippen LogP contribution is 2.27. The first kappa shape index (κ1) is 19.6. The van der Waals surface area contributed by atoms with E-state index in [-0.39, 0.29) is 29.8 Å². The fourth-order valence-electron chi connectivity index (χ4n) is 2.61. The molecular formula is C16H23FN2O5S. The minimum absolute atomic E-state index is 0.0274. The average Bonchev–Trinajstić information content (AvgIpc) is 3.11. The van der Waals surface area contributed by atoms with E-state index in [4.69, 9.17) is 9.47 Å². The number of methoxy groups -OCH3 is 1. The summed E-state index contributed by atoms with van der Waals surface area (Å²) in [6.45, 7) is 2.34. The monoisotopic (exact) mass is 374 g/mol. The number of amides is 1. The summed E-state index contributed by atoms with van der Waals surface area (Å²) in [6, 6.07) is 3.25. The van der Waals surface area contributed by atoms with Crippen LogP contribution in [0.5, 0.6) is 5.75 Å². The second-order valence-corrected chi connectivity index (χ2v) is 7.57. The lowest BCUT2D eigenvalue weighted by molar-refractivity contribution is -0.121. The summed E-state index contributed by atoms with van der Waals surface area (Å²) >= 11 is 0. The summed E-state index contributed by atoms with van der Waals surface area (Å²) in [5.41, 5.74) is 0. The molecule has 1 unspecified atom stereocenters. The van der Waals surface area contributed by atoms with Crippen LogP contribution in [0, 0.1) is 5.82 Å². The third-order valence-electron chi connectivity index (χ3n) is 3.97. The molecule has 1 aromatic carbocycles. The molecule has 1 N–H and O–H groups in total. The molecule has 140 valence electrons. The lowest BCUT2D eigenvalue weighted by atomic mass is 10.2. The number of sulfonamides is 1. The van der Waals surface area contributed by atoms with Crippen molar-refractivity contribution < 1.29 is 27.1 Å². The Morgan fingerprint density at radius 2 is 2.24 bits per heavy atom. The molecule has 1 fully saturated rings. The molecule has 0 spiro atoms. The standard InChI is InChI=1S/C16H23FN2O5S/c1-3-19(11-16(20)18-10-13-5-4-8-24-13)25(21,22)15-9-12(17)6-7-14(15)23-2/h6-7,9,13H,3-5,8,10-11H2,1-2H3,(H,18,20). The van der Waals surface area contributed by atoms with E-state index in [2.05, 4.69) is 5.32 Å². The van der Waals surface area contributed by atoms with Gasteiger partial charge in [-0.25, -0.2) is 12.8 Å². The van der Waals surface area contributed by atoms with Crippen LogP contribution in [0.1, 0.15) is 19.8 Å². The van der Waals surface area contributed by atoms with Crippen LogP contribution in [0.25, 0.3) is 0 Å². The number of nitrogens with one attached hydrogen (secondary N) is 1. The molecule has 0 aliphatic carbocycles. The van der Waals surface area contributed by atoms with Crippen molar-refractivity contribution in [1.29, 1.82) is 0 Å². The normalized spacial score (nSPS) is 17.7. The topological polar surface area (TPSA) is 84.9 Å². The van der Waals surface area contributed by atoms with Crippen LogP contribution >= 0.6 is 0 Å². The zero-order valence-electron chi connectivity index (χ0n) is 14.3. The predicted octanol–water partition coefficient (Wildman–Crippen LogP) is 1.14. The molecule has 1 aromatic rings. The molecule has 0 aromatic heterocycles. The lowest BCUT2D eigenvalue weighted by Crippen LogP contribution is -2.42. The number of carbonyl (C=O) groups excluding carboxylic acids is 1. The Kier molecular flexibility index (Phi) is 6.74. The Balaban J connectivity index is 2.09. The van der Waals surface area contributed by atoms with Crippen molar-refractivity contribution in [2.75, 3.05) is 33.4 Å². The van der Waals surface area contributed by atoms with Gasteiger partial charge in [0.25, 0.3) is 0 Å². The third-order valence-corrected chi connectivity index (χ3v) is 5.91. The highest BCUT2D eigenvalue weighted by atomic mass is 32.2. The first-order valence-corrected chi connectivity index (χ1v) is 9.54. The van der Waals surface area contributed by atoms with Gasteiger partial charge in [0.05, 0.1) is 19.8 Å². The Hall–Kier alpha value is -1.71. The van der Waals surface area contributed by atoms with E-state index in [0.717, 1.165) is 29.3 Å². The summed E-state index contributed by atoms with van der Waals surface area (Å²) in [7, 11) is -2.77. The van der Waals surface area contributed by atoms with Gasteiger partial charge in [-0.05, 0) is 31.0 Å². The zero-order chi connectivity index (χ0) is 18.4. The van der Waals surface area contributed by atoms with Gasteiger partial charge in [0.2, 0.25) is 15.9 Å². The summed E-state index contributed by atoms with van der Waals surface area (Å²) in [4.78, 5) is 11.8. The minimum Gasteiger partial charge on any atom is -0.495 e. The maximum Gasteiger partial charge on any atom is 0.247 e. The van der Waals surface area contributed by atoms with E-state index in [1.807, 2.05) is 0 Å². The molecule has 1 amide bonds. The molecule has 1 heterocycles. The van der Waals surface area contributed by atoms with Crippen LogP contribution in [0.3, 0.4) is 0 Å². The van der Waals surface area contributed by atoms with E-state index in [1.165, 1.54) is 13.2 Å². The Labute approximate surface area is 147 Å². The van der Waals surface area contributed by atoms with Crippen LogP contribution in [-0.4, -0.2) is 58.1 Å². The number of carbonyl (C=O) groups is 1. The number of hydrogen-bond acceptors (Lipinski definition) is 5. The number of benzene rings is 1. The van der Waals surface area contributed by atoms with Crippen LogP contribution in [0.15, 0.2) is 23.1 Å². The fourth-order valence-corrected chi connectivity index (χ4v) is 4.18. The van der Waals surface area contributed by atoms with Crippen molar-refractivity contribution in [1.82, 2.24) is 9.62 Å². The Morgan fingerprint density at radius 1 is 1.48 bits per heavy atom. The number of halogens is 1. The van der Waals surface area contributed by atoms with Crippen LogP contribution < -0.4 is 10.1 Å². The van der Waals surface area contributed by atoms with Crippen molar-refractivity contribution in [2.24, 2.45) is 0 Å². The van der Waals surface area contributed by atoms with Gasteiger partial charge >= 0.3 is 0 Å². The fraction of sp³-hybridized carbons (Fsp3) is 0.562. The molecule has 1 atom stereocenters. The number of nitrogens with zero attached hydrogens (tertiary/aromatic N) is 1. The first-order chi connectivity index (χ1) is 11.9. The molecule has 1 saturated heterocycles. The third kappa shape index (κ3) is 4.90. The molecule has 1 aliphatic heterocycles. The molecule has 0 saturated carbocycles. The van der Waals surface area contributed by atoms with Crippen LogP contribution in [0.4, 0.5) is 4.39 Å². The summed E-state index contributed by atoms with van der Waals surface area (Å²) in [5, 5.41) is 2.68. The molecule has 7 nitrogen and oxygen atoms in total. The zero-order valence-corrected chi connectivity index (χ0v) is 15.1. The van der Waals surface area contributed by atoms with Gasteiger partial charge in [0.1, 0.15) is 16.5 Å². The van der Waals surface area contributed by atoms with Gasteiger partial charge in [-0.1, -0.05) is 6.92 Å². The van der Waals surface area contributed by atoms with E-state index >= 15 is 0 Å². The molecule has 0 bridgehead atoms. The van der Waals surface area contributed by atoms with Gasteiger partial charge in [-0.3, -0.25) is 4.79 Å². The maximum atomic E-state index is 13.5. The van der Waals surface area contributed by atoms with Crippen LogP contribution in [0.2, 0.25) is 0 Å². The molecule has 1 aliphatic rings. The second-order valence-electron chi connectivity index (χ2n) is 5.67. The van der Waals surface area contributed by atoms with Crippen molar-refractivity contribution >= 4 is 15.9 Å². The number of hydrogen-bond donors (Lipinski definition) is 1. The molecule has 25 heavy (non-hydrogen) atoms. The Morgan fingerprint density at radius 3 is 2.84 bits per heavy atom. The van der Waals surface area contributed by atoms with Crippen molar-refractivity contribution in [3.8, 4) is 5.75 Å². The summed E-state index contributed by atoms with van der Waals surface area (Å²) < 4.78 is 50.4. The smallest absolute Gasteiger partial charge is 0.247 e. The summed E-state index contributed by atoms with van der Waals surface area (Å²) in [5.74, 6) is -1.10. The van der Waals surface area contributed by atoms with Gasteiger partial charge in [-0.15, -0.1) is 0 Å². The molecule has 2 rings (SSSR count). The van der Waals surface area contributed by atoms with E-state index < -0.39 is 21.7 Å². The van der Waals surface area contributed by atoms with E-state index in [0.29, 0.717) is 13.2 Å². The molecule has 0 radical (unpaired) electrons. The Bertz CT molecular complexity index is 704. The quantitative estimate of drug-likeness (QED) is 0.738. The number of rotatable bonds is 8. The van der Waals surface area contributed by atoms with E-state index in [1.54, 1.807) is 6.92 Å². The average molecular weight is 374 g/mol. The maximum absolute atomic E-state index is 13.5. The predicted molar refractivity (Wildman–Crippen MR) is 89.4 cm³/mol. The molecule has 9 heteroatoms. The second kappa shape index (κ2) is 8.59. The first-order valence-electron chi connectivity index (χ1n) is 8.10. The van der Waals surface area contributed by atoms with Gasteiger partial charge < -0.3 is 14.8 Å². The molecular weight excluding hydrogens is 351 g/mol. The summed E-state index contributed by atoms with van der Waals surface area (Å²) in [6.07, 6.45) is 1.80. The highest BCUT2D eigenvalue weighted by Gasteiger charge is 2.29. The SMILES string of the molecule is CCN(CC(=O)NCC1CCCO1)S(=O)(=O)c1cc(F)ccc1OC. The van der Waals surface area contributed by atoms with Crippen molar-refractivity contribution in [3.05, 3.63) is 24.0 Å². The van der Waals surface area contributed by atoms with Crippen molar-refractivity contribution in [2.45, 2.75) is 30.8 Å². The number of ether oxygens (including phenoxy) is 2. The van der Waals surface area contributed by atoms with Gasteiger partial charge in [0.15, 0.2) is 0 Å². The van der Waals surface area contributed by atoms with Gasteiger partial charge in [0, 0.05) is 19.7 Å². The highest BCUT2D eigenvalue weighted by molar-refractivity contribution is 7.89. The van der Waals surface area contributed by atoms with E-state index in [9.17, 15) is 17.6 Å². The minimum atomic E-state index is -4.07. The van der Waals surface area contributed by atoms with Crippen molar-refractivity contribution in [3.63, 3.8) is 0 Å². The number of likely N-dealkylation sites (N-methyl/N-ethyl adjacent to an activating group) is 1. The van der Waals surface area contributed by atoms with Crippen LogP contribution in [-0.2, 0) is 19.6 Å². The lowest BCUT2D eigenvalue weighted by Gasteiger charge is -2.21. The largest absolute Gasteiger partial charge is 0.495 e.